The zero-order chi connectivity index (χ0) is 20.5. The molecule has 0 aliphatic carbocycles. The summed E-state index contributed by atoms with van der Waals surface area (Å²) >= 11 is 0. The largest absolute Gasteiger partial charge is 0.369 e. The Balaban J connectivity index is 1.48. The Morgan fingerprint density at radius 3 is 2.55 bits per heavy atom. The summed E-state index contributed by atoms with van der Waals surface area (Å²) in [6, 6.07) is 10.4. The van der Waals surface area contributed by atoms with E-state index >= 15 is 0 Å². The molecule has 1 aliphatic heterocycles. The number of carbonyl (C=O) groups excluding carboxylic acids is 1. The molecule has 1 amide bonds. The predicted octanol–water partition coefficient (Wildman–Crippen LogP) is 2.52. The van der Waals surface area contributed by atoms with E-state index < -0.39 is 0 Å². The molecule has 0 saturated carbocycles. The number of carbonyl (C=O) groups is 1. The molecule has 0 spiro atoms. The number of hydrogen-bond acceptors (Lipinski definition) is 6. The summed E-state index contributed by atoms with van der Waals surface area (Å²) in [6.07, 6.45) is 0. The Labute approximate surface area is 170 Å². The van der Waals surface area contributed by atoms with Crippen LogP contribution in [0.4, 0.5) is 11.4 Å². The molecule has 1 aliphatic rings. The van der Waals surface area contributed by atoms with Crippen molar-refractivity contribution < 1.29 is 4.79 Å². The Hall–Kier alpha value is -3.00. The molecule has 3 aromatic rings. The number of aromatic nitrogens is 4. The smallest absolute Gasteiger partial charge is 0.295 e. The van der Waals surface area contributed by atoms with Gasteiger partial charge in [-0.15, -0.1) is 5.10 Å². The molecule has 8 nitrogen and oxygen atoms in total. The Morgan fingerprint density at radius 1 is 1.07 bits per heavy atom. The van der Waals surface area contributed by atoms with Crippen LogP contribution in [0.5, 0.6) is 0 Å². The van der Waals surface area contributed by atoms with Crippen LogP contribution in [0.1, 0.15) is 35.9 Å². The average molecular weight is 393 g/mol. The maximum atomic E-state index is 12.7. The Bertz CT molecular complexity index is 1030. The molecule has 8 heteroatoms. The highest BCUT2D eigenvalue weighted by atomic mass is 16.2. The molecule has 0 radical (unpaired) electrons. The quantitative estimate of drug-likeness (QED) is 0.734. The standard InChI is InChI=1S/C21H27N7O/c1-14(2)26-8-10-27(11-9-26)18-7-5-6-17(13-18)23-20(29)19-24-21-22-15(3)12-16(4)28(21)25-19/h5-7,12-14H,8-11H2,1-4H3,(H,23,29). The molecule has 1 N–H and O–H groups in total. The molecule has 3 heterocycles. The molecule has 1 aromatic carbocycles. The molecular formula is C21H27N7O. The minimum atomic E-state index is -0.339. The highest BCUT2D eigenvalue weighted by Gasteiger charge is 2.20. The van der Waals surface area contributed by atoms with E-state index in [1.54, 1.807) is 4.52 Å². The second-order valence-corrected chi connectivity index (χ2v) is 7.81. The lowest BCUT2D eigenvalue weighted by Crippen LogP contribution is -2.48. The summed E-state index contributed by atoms with van der Waals surface area (Å²) in [7, 11) is 0. The summed E-state index contributed by atoms with van der Waals surface area (Å²) < 4.78 is 1.59. The van der Waals surface area contributed by atoms with Crippen LogP contribution < -0.4 is 10.2 Å². The first-order valence-corrected chi connectivity index (χ1v) is 10.0. The first kappa shape index (κ1) is 19.3. The normalized spacial score (nSPS) is 15.3. The summed E-state index contributed by atoms with van der Waals surface area (Å²) in [5, 5.41) is 7.22. The summed E-state index contributed by atoms with van der Waals surface area (Å²) in [5.41, 5.74) is 3.59. The average Bonchev–Trinajstić information content (AvgIpc) is 3.13. The van der Waals surface area contributed by atoms with Crippen LogP contribution in [-0.4, -0.2) is 62.6 Å². The minimum absolute atomic E-state index is 0.113. The second kappa shape index (κ2) is 7.79. The van der Waals surface area contributed by atoms with Crippen molar-refractivity contribution >= 4 is 23.1 Å². The zero-order valence-corrected chi connectivity index (χ0v) is 17.4. The number of fused-ring (bicyclic) bond motifs is 1. The fourth-order valence-corrected chi connectivity index (χ4v) is 3.73. The molecule has 152 valence electrons. The molecular weight excluding hydrogens is 366 g/mol. The van der Waals surface area contributed by atoms with Gasteiger partial charge in [0.05, 0.1) is 0 Å². The summed E-state index contributed by atoms with van der Waals surface area (Å²) in [4.78, 5) is 26.1. The highest BCUT2D eigenvalue weighted by Crippen LogP contribution is 2.22. The number of aryl methyl sites for hydroxylation is 2. The molecule has 1 saturated heterocycles. The number of rotatable bonds is 4. The van der Waals surface area contributed by atoms with E-state index in [2.05, 4.69) is 50.1 Å². The maximum Gasteiger partial charge on any atom is 0.295 e. The van der Waals surface area contributed by atoms with Crippen LogP contribution in [0.15, 0.2) is 30.3 Å². The number of piperazine rings is 1. The van der Waals surface area contributed by atoms with Gasteiger partial charge in [0.2, 0.25) is 5.82 Å². The van der Waals surface area contributed by atoms with Crippen molar-refractivity contribution in [1.82, 2.24) is 24.5 Å². The fourth-order valence-electron chi connectivity index (χ4n) is 3.73. The summed E-state index contributed by atoms with van der Waals surface area (Å²) in [6.45, 7) is 12.3. The maximum absolute atomic E-state index is 12.7. The van der Waals surface area contributed by atoms with Crippen LogP contribution in [0.3, 0.4) is 0 Å². The van der Waals surface area contributed by atoms with Crippen molar-refractivity contribution in [3.05, 3.63) is 47.5 Å². The first-order valence-electron chi connectivity index (χ1n) is 10.0. The van der Waals surface area contributed by atoms with Crippen LogP contribution >= 0.6 is 0 Å². The molecule has 2 aromatic heterocycles. The Kier molecular flexibility index (Phi) is 5.19. The van der Waals surface area contributed by atoms with Crippen molar-refractivity contribution in [1.29, 1.82) is 0 Å². The van der Waals surface area contributed by atoms with E-state index in [0.717, 1.165) is 48.9 Å². The Morgan fingerprint density at radius 2 is 1.83 bits per heavy atom. The first-order chi connectivity index (χ1) is 13.9. The van der Waals surface area contributed by atoms with Crippen molar-refractivity contribution in [2.24, 2.45) is 0 Å². The monoisotopic (exact) mass is 393 g/mol. The molecule has 1 fully saturated rings. The van der Waals surface area contributed by atoms with E-state index in [1.165, 1.54) is 0 Å². The van der Waals surface area contributed by atoms with Crippen molar-refractivity contribution in [2.45, 2.75) is 33.7 Å². The summed E-state index contributed by atoms with van der Waals surface area (Å²) in [5.74, 6) is 0.209. The lowest BCUT2D eigenvalue weighted by molar-refractivity contribution is 0.101. The second-order valence-electron chi connectivity index (χ2n) is 7.81. The molecule has 29 heavy (non-hydrogen) atoms. The number of benzene rings is 1. The predicted molar refractivity (Wildman–Crippen MR) is 114 cm³/mol. The van der Waals surface area contributed by atoms with Crippen LogP contribution in [0, 0.1) is 13.8 Å². The SMILES string of the molecule is Cc1cc(C)n2nc(C(=O)Nc3cccc(N4CCN(C(C)C)CC4)c3)nc2n1. The fraction of sp³-hybridized carbons (Fsp3) is 0.429. The van der Waals surface area contributed by atoms with Gasteiger partial charge in [-0.2, -0.15) is 4.98 Å². The lowest BCUT2D eigenvalue weighted by atomic mass is 10.2. The third kappa shape index (κ3) is 4.07. The number of nitrogens with one attached hydrogen (secondary N) is 1. The molecule has 0 unspecified atom stereocenters. The van der Waals surface area contributed by atoms with Gasteiger partial charge in [0, 0.05) is 55.0 Å². The topological polar surface area (TPSA) is 78.7 Å². The molecule has 4 rings (SSSR count). The number of hydrogen-bond donors (Lipinski definition) is 1. The van der Waals surface area contributed by atoms with Crippen LogP contribution in [0.25, 0.3) is 5.78 Å². The van der Waals surface area contributed by atoms with E-state index in [-0.39, 0.29) is 11.7 Å². The van der Waals surface area contributed by atoms with Gasteiger partial charge in [-0.3, -0.25) is 9.69 Å². The van der Waals surface area contributed by atoms with Gasteiger partial charge in [-0.25, -0.2) is 9.50 Å². The lowest BCUT2D eigenvalue weighted by Gasteiger charge is -2.38. The van der Waals surface area contributed by atoms with E-state index in [4.69, 9.17) is 0 Å². The van der Waals surface area contributed by atoms with E-state index in [0.29, 0.717) is 11.8 Å². The van der Waals surface area contributed by atoms with Crippen molar-refractivity contribution in [3.8, 4) is 0 Å². The molecule has 0 bridgehead atoms. The number of amides is 1. The van der Waals surface area contributed by atoms with Gasteiger partial charge in [0.25, 0.3) is 11.7 Å². The van der Waals surface area contributed by atoms with Crippen molar-refractivity contribution in [3.63, 3.8) is 0 Å². The number of anilines is 2. The minimum Gasteiger partial charge on any atom is -0.369 e. The van der Waals surface area contributed by atoms with Crippen molar-refractivity contribution in [2.75, 3.05) is 36.4 Å². The van der Waals surface area contributed by atoms with Gasteiger partial charge in [0.15, 0.2) is 0 Å². The van der Waals surface area contributed by atoms with Gasteiger partial charge < -0.3 is 10.2 Å². The van der Waals surface area contributed by atoms with Gasteiger partial charge >= 0.3 is 0 Å². The van der Waals surface area contributed by atoms with E-state index in [9.17, 15) is 4.79 Å². The van der Waals surface area contributed by atoms with Gasteiger partial charge in [-0.05, 0) is 52.0 Å². The third-order valence-electron chi connectivity index (χ3n) is 5.34. The van der Waals surface area contributed by atoms with Gasteiger partial charge in [0.1, 0.15) is 0 Å². The zero-order valence-electron chi connectivity index (χ0n) is 17.4. The van der Waals surface area contributed by atoms with Crippen LogP contribution in [-0.2, 0) is 0 Å². The third-order valence-corrected chi connectivity index (χ3v) is 5.34. The molecule has 0 atom stereocenters. The van der Waals surface area contributed by atoms with E-state index in [1.807, 2.05) is 38.1 Å². The highest BCUT2D eigenvalue weighted by molar-refractivity contribution is 6.02. The van der Waals surface area contributed by atoms with Gasteiger partial charge in [-0.1, -0.05) is 6.07 Å². The van der Waals surface area contributed by atoms with Crippen LogP contribution in [0.2, 0.25) is 0 Å². The number of nitrogens with zero attached hydrogens (tertiary/aromatic N) is 6.